The fraction of sp³-hybridized carbons (Fsp3) is 0.562. The summed E-state index contributed by atoms with van der Waals surface area (Å²) >= 11 is 1.65. The van der Waals surface area contributed by atoms with E-state index in [1.165, 1.54) is 16.7 Å². The molecular weight excluding hydrogens is 252 g/mol. The molecule has 0 saturated carbocycles. The van der Waals surface area contributed by atoms with Gasteiger partial charge in [-0.3, -0.25) is 0 Å². The molecule has 1 aromatic carbocycles. The highest BCUT2D eigenvalue weighted by Gasteiger charge is 2.25. The highest BCUT2D eigenvalue weighted by molar-refractivity contribution is 7.07. The first-order valence-electron chi connectivity index (χ1n) is 7.09. The van der Waals surface area contributed by atoms with E-state index in [0.717, 1.165) is 18.5 Å². The minimum absolute atomic E-state index is 0.264. The minimum atomic E-state index is 0.264. The third kappa shape index (κ3) is 3.54. The standard InChI is InChI=1S/C16H24N2S/c1-5-10-17-15(16(2,3)4)11-14-12-8-6-7-9-13(12)18-19-14/h6-9,15,17H,5,10-11H2,1-4H3. The molecule has 2 nitrogen and oxygen atoms in total. The summed E-state index contributed by atoms with van der Waals surface area (Å²) in [5, 5.41) is 5.01. The molecule has 104 valence electrons. The van der Waals surface area contributed by atoms with E-state index in [2.05, 4.69) is 61.7 Å². The van der Waals surface area contributed by atoms with Gasteiger partial charge in [0.25, 0.3) is 0 Å². The molecule has 19 heavy (non-hydrogen) atoms. The zero-order valence-electron chi connectivity index (χ0n) is 12.4. The zero-order valence-corrected chi connectivity index (χ0v) is 13.2. The van der Waals surface area contributed by atoms with Crippen LogP contribution in [0.25, 0.3) is 10.9 Å². The average Bonchev–Trinajstić information content (AvgIpc) is 2.76. The molecule has 0 bridgehead atoms. The Labute approximate surface area is 120 Å². The Morgan fingerprint density at radius 3 is 2.68 bits per heavy atom. The third-order valence-corrected chi connectivity index (χ3v) is 4.43. The molecule has 0 spiro atoms. The lowest BCUT2D eigenvalue weighted by Gasteiger charge is -2.31. The van der Waals surface area contributed by atoms with Crippen molar-refractivity contribution >= 4 is 22.4 Å². The quantitative estimate of drug-likeness (QED) is 0.883. The Kier molecular flexibility index (Phi) is 4.58. The summed E-state index contributed by atoms with van der Waals surface area (Å²) in [6, 6.07) is 8.94. The molecule has 3 heteroatoms. The summed E-state index contributed by atoms with van der Waals surface area (Å²) in [5.74, 6) is 0. The van der Waals surface area contributed by atoms with E-state index < -0.39 is 0 Å². The Morgan fingerprint density at radius 2 is 2.00 bits per heavy atom. The first-order chi connectivity index (χ1) is 9.02. The van der Waals surface area contributed by atoms with Crippen LogP contribution in [0.5, 0.6) is 0 Å². The van der Waals surface area contributed by atoms with Gasteiger partial charge in [-0.2, -0.15) is 4.37 Å². The molecule has 0 aliphatic rings. The summed E-state index contributed by atoms with van der Waals surface area (Å²) in [6.45, 7) is 10.2. The van der Waals surface area contributed by atoms with Gasteiger partial charge in [0.05, 0.1) is 5.52 Å². The lowest BCUT2D eigenvalue weighted by Crippen LogP contribution is -2.42. The van der Waals surface area contributed by atoms with Crippen molar-refractivity contribution in [2.75, 3.05) is 6.54 Å². The van der Waals surface area contributed by atoms with Gasteiger partial charge in [0.2, 0.25) is 0 Å². The van der Waals surface area contributed by atoms with Crippen molar-refractivity contribution < 1.29 is 0 Å². The van der Waals surface area contributed by atoms with Crippen molar-refractivity contribution in [1.82, 2.24) is 9.69 Å². The van der Waals surface area contributed by atoms with Gasteiger partial charge in [-0.15, -0.1) is 0 Å². The molecule has 0 amide bonds. The fourth-order valence-corrected chi connectivity index (χ4v) is 3.16. The van der Waals surface area contributed by atoms with Gasteiger partial charge in [0.15, 0.2) is 0 Å². The Balaban J connectivity index is 2.21. The number of rotatable bonds is 5. The maximum atomic E-state index is 4.55. The van der Waals surface area contributed by atoms with Crippen LogP contribution >= 0.6 is 11.5 Å². The van der Waals surface area contributed by atoms with Crippen LogP contribution in [0.15, 0.2) is 24.3 Å². The third-order valence-electron chi connectivity index (χ3n) is 3.53. The zero-order chi connectivity index (χ0) is 13.9. The average molecular weight is 276 g/mol. The highest BCUT2D eigenvalue weighted by Crippen LogP contribution is 2.28. The Bertz CT molecular complexity index is 525. The van der Waals surface area contributed by atoms with E-state index in [4.69, 9.17) is 0 Å². The molecular formula is C16H24N2S. The first kappa shape index (κ1) is 14.5. The molecule has 0 radical (unpaired) electrons. The van der Waals surface area contributed by atoms with Crippen LogP contribution in [0.1, 0.15) is 39.0 Å². The monoisotopic (exact) mass is 276 g/mol. The molecule has 0 aliphatic carbocycles. The maximum absolute atomic E-state index is 4.55. The molecule has 0 aliphatic heterocycles. The summed E-state index contributed by atoms with van der Waals surface area (Å²) in [6.07, 6.45) is 2.24. The van der Waals surface area contributed by atoms with Crippen LogP contribution in [0.3, 0.4) is 0 Å². The molecule has 2 aromatic rings. The predicted molar refractivity (Wildman–Crippen MR) is 84.9 cm³/mol. The van der Waals surface area contributed by atoms with E-state index in [1.807, 2.05) is 0 Å². The van der Waals surface area contributed by atoms with Crippen LogP contribution in [0.2, 0.25) is 0 Å². The molecule has 1 aromatic heterocycles. The molecule has 2 rings (SSSR count). The topological polar surface area (TPSA) is 24.9 Å². The number of fused-ring (bicyclic) bond motifs is 1. The maximum Gasteiger partial charge on any atom is 0.0843 e. The lowest BCUT2D eigenvalue weighted by atomic mass is 9.84. The highest BCUT2D eigenvalue weighted by atomic mass is 32.1. The van der Waals surface area contributed by atoms with E-state index in [-0.39, 0.29) is 5.41 Å². The lowest BCUT2D eigenvalue weighted by molar-refractivity contribution is 0.268. The van der Waals surface area contributed by atoms with Crippen LogP contribution in [0, 0.1) is 5.41 Å². The van der Waals surface area contributed by atoms with Crippen LogP contribution < -0.4 is 5.32 Å². The van der Waals surface area contributed by atoms with Crippen LogP contribution in [-0.4, -0.2) is 17.0 Å². The molecule has 1 atom stereocenters. The van der Waals surface area contributed by atoms with Gasteiger partial charge >= 0.3 is 0 Å². The number of aromatic nitrogens is 1. The second-order valence-corrected chi connectivity index (χ2v) is 7.06. The summed E-state index contributed by atoms with van der Waals surface area (Å²) in [5.41, 5.74) is 1.39. The number of benzene rings is 1. The van der Waals surface area contributed by atoms with E-state index in [0.29, 0.717) is 6.04 Å². The molecule has 1 heterocycles. The van der Waals surface area contributed by atoms with Crippen molar-refractivity contribution in [3.8, 4) is 0 Å². The Hall–Kier alpha value is -0.930. The number of nitrogens with zero attached hydrogens (tertiary/aromatic N) is 1. The van der Waals surface area contributed by atoms with Crippen LogP contribution in [-0.2, 0) is 6.42 Å². The van der Waals surface area contributed by atoms with E-state index in [9.17, 15) is 0 Å². The summed E-state index contributed by atoms with van der Waals surface area (Å²) in [4.78, 5) is 1.40. The molecule has 1 unspecified atom stereocenters. The minimum Gasteiger partial charge on any atom is -0.313 e. The van der Waals surface area contributed by atoms with Crippen molar-refractivity contribution in [3.05, 3.63) is 29.1 Å². The summed E-state index contributed by atoms with van der Waals surface area (Å²) in [7, 11) is 0. The van der Waals surface area contributed by atoms with Crippen molar-refractivity contribution in [3.63, 3.8) is 0 Å². The van der Waals surface area contributed by atoms with Crippen molar-refractivity contribution in [1.29, 1.82) is 0 Å². The van der Waals surface area contributed by atoms with Gasteiger partial charge in [-0.25, -0.2) is 0 Å². The second kappa shape index (κ2) is 6.02. The Morgan fingerprint density at radius 1 is 1.26 bits per heavy atom. The van der Waals surface area contributed by atoms with Gasteiger partial charge in [-0.05, 0) is 42.4 Å². The normalized spacial score (nSPS) is 13.9. The van der Waals surface area contributed by atoms with Crippen LogP contribution in [0.4, 0.5) is 0 Å². The SMILES string of the molecule is CCCNC(Cc1snc2ccccc12)C(C)(C)C. The van der Waals surface area contributed by atoms with Gasteiger partial charge < -0.3 is 5.32 Å². The second-order valence-electron chi connectivity index (χ2n) is 6.20. The largest absolute Gasteiger partial charge is 0.313 e. The van der Waals surface area contributed by atoms with Gasteiger partial charge in [0.1, 0.15) is 0 Å². The fourth-order valence-electron chi connectivity index (χ4n) is 2.28. The van der Waals surface area contributed by atoms with E-state index in [1.54, 1.807) is 11.5 Å². The van der Waals surface area contributed by atoms with Crippen molar-refractivity contribution in [2.45, 2.75) is 46.6 Å². The number of nitrogens with one attached hydrogen (secondary N) is 1. The molecule has 1 N–H and O–H groups in total. The smallest absolute Gasteiger partial charge is 0.0843 e. The molecule has 0 fully saturated rings. The van der Waals surface area contributed by atoms with Crippen molar-refractivity contribution in [2.24, 2.45) is 5.41 Å². The predicted octanol–water partition coefficient (Wildman–Crippen LogP) is 4.25. The van der Waals surface area contributed by atoms with Gasteiger partial charge in [0, 0.05) is 16.3 Å². The summed E-state index contributed by atoms with van der Waals surface area (Å²) < 4.78 is 4.55. The van der Waals surface area contributed by atoms with Gasteiger partial charge in [-0.1, -0.05) is 45.9 Å². The number of hydrogen-bond acceptors (Lipinski definition) is 3. The first-order valence-corrected chi connectivity index (χ1v) is 7.86. The number of hydrogen-bond donors (Lipinski definition) is 1. The molecule has 0 saturated heterocycles. The van der Waals surface area contributed by atoms with E-state index >= 15 is 0 Å².